The Morgan fingerprint density at radius 2 is 1.75 bits per heavy atom. The highest BCUT2D eigenvalue weighted by Crippen LogP contribution is 2.38. The summed E-state index contributed by atoms with van der Waals surface area (Å²) in [5.41, 5.74) is 6.17. The highest BCUT2D eigenvalue weighted by Gasteiger charge is 2.47. The molecule has 0 radical (unpaired) electrons. The molecule has 1 aromatic rings. The number of aliphatic hydroxyl groups is 3. The van der Waals surface area contributed by atoms with Crippen LogP contribution in [-0.4, -0.2) is 148 Å². The third-order valence-corrected chi connectivity index (χ3v) is 14.5. The van der Waals surface area contributed by atoms with Crippen LogP contribution in [-0.2, 0) is 39.9 Å². The number of nitrogens with one attached hydrogen (secondary N) is 2. The molecule has 3 aliphatic heterocycles. The molecule has 2 fully saturated rings. The average Bonchev–Trinajstić information content (AvgIpc) is 4.07. The first-order chi connectivity index (χ1) is 32.5. The minimum atomic E-state index is -1.18. The van der Waals surface area contributed by atoms with Gasteiger partial charge in [0.05, 0.1) is 75.2 Å². The molecule has 3 amide bonds. The summed E-state index contributed by atoms with van der Waals surface area (Å²) in [6, 6.07) is 6.29. The number of anilines is 1. The number of benzene rings is 1. The maximum Gasteiger partial charge on any atom is 0.410 e. The first-order valence-electron chi connectivity index (χ1n) is 25.2. The summed E-state index contributed by atoms with van der Waals surface area (Å²) in [7, 11) is 1.55. The minimum Gasteiger partial charge on any atom is -0.457 e. The number of cyclic esters (lactones) is 1. The number of unbranched alkanes of at least 4 members (excludes halogenated alkanes) is 1. The van der Waals surface area contributed by atoms with Gasteiger partial charge in [-0.1, -0.05) is 84.4 Å². The standard InChI is InChI=1S/C53H85N5O11/c1-12-14-28-58(33-39-18-20-40(21-19-39)56-49(62)38(8)55-50(63)46(54)34(3)4)29-26-57(27-30-58)51(64)68-44-22-17-36(6)47(69-45(61)31-41(59)23-25-53(44,10)66-11)35(5)16-15-24-52(9,65)32-43-48(67-43)37(7)42(60)13-2/h15-22,24,34,36-38,41-44,46-48,59-60,65H,12-14,23,25-33,54H2,1-11H3,(H-,55,56,62,63)/p+1/b22-17+,24-15+,35-16+/t36-,37+,38-,41+,42-,43+,44-,46-,47+,48+,52-,53+/m0/s1. The zero-order chi connectivity index (χ0) is 51.3. The van der Waals surface area contributed by atoms with Gasteiger partial charge in [-0.15, -0.1) is 0 Å². The van der Waals surface area contributed by atoms with Crippen LogP contribution in [0.3, 0.4) is 0 Å². The molecule has 2 saturated heterocycles. The van der Waals surface area contributed by atoms with Crippen LogP contribution in [0.4, 0.5) is 10.5 Å². The van der Waals surface area contributed by atoms with Gasteiger partial charge in [0, 0.05) is 36.6 Å². The van der Waals surface area contributed by atoms with Gasteiger partial charge >= 0.3 is 12.1 Å². The molecule has 0 aliphatic carbocycles. The van der Waals surface area contributed by atoms with E-state index >= 15 is 0 Å². The summed E-state index contributed by atoms with van der Waals surface area (Å²) in [6.45, 7) is 22.8. The smallest absolute Gasteiger partial charge is 0.410 e. The zero-order valence-corrected chi connectivity index (χ0v) is 43.3. The first-order valence-corrected chi connectivity index (χ1v) is 25.2. The molecule has 1 aromatic carbocycles. The first kappa shape index (κ1) is 57.4. The van der Waals surface area contributed by atoms with E-state index in [1.54, 1.807) is 50.2 Å². The zero-order valence-electron chi connectivity index (χ0n) is 43.3. The van der Waals surface area contributed by atoms with Crippen LogP contribution in [0.5, 0.6) is 0 Å². The van der Waals surface area contributed by atoms with Crippen molar-refractivity contribution in [3.63, 3.8) is 0 Å². The normalized spacial score (nSPS) is 28.8. The van der Waals surface area contributed by atoms with Crippen molar-refractivity contribution in [1.82, 2.24) is 10.2 Å². The molecule has 69 heavy (non-hydrogen) atoms. The number of epoxide rings is 1. The number of carbonyl (C=O) groups excluding carboxylic acids is 4. The van der Waals surface area contributed by atoms with Gasteiger partial charge in [-0.3, -0.25) is 19.3 Å². The third-order valence-electron chi connectivity index (χ3n) is 14.5. The summed E-state index contributed by atoms with van der Waals surface area (Å²) < 4.78 is 25.0. The second-order valence-corrected chi connectivity index (χ2v) is 20.9. The predicted octanol–water partition coefficient (Wildman–Crippen LogP) is 5.92. The van der Waals surface area contributed by atoms with E-state index in [1.165, 1.54) is 0 Å². The van der Waals surface area contributed by atoms with Gasteiger partial charge in [-0.2, -0.15) is 0 Å². The third kappa shape index (κ3) is 17.0. The SMILES string of the molecule is CCCC[N+]1(Cc2ccc(NC(=O)[C@H](C)NC(=O)[C@@H](N)C(C)C)cc2)CCN(C(=O)O[C@H]2/C=C/[C@H](C)[C@@H](/C(C)=C/C=C/[C@](C)(O)C[C@H]3O[C@@H]3[C@H](C)[C@@H](O)CC)OC(=O)C[C@H](O)CC[C@@]2(C)OC)CC1. The number of allylic oxidation sites excluding steroid dienone is 2. The molecule has 16 heteroatoms. The molecule has 0 unspecified atom stereocenters. The van der Waals surface area contributed by atoms with Crippen LogP contribution >= 0.6 is 0 Å². The van der Waals surface area contributed by atoms with Gasteiger partial charge in [0.1, 0.15) is 24.3 Å². The largest absolute Gasteiger partial charge is 0.457 e. The lowest BCUT2D eigenvalue weighted by molar-refractivity contribution is -0.944. The summed E-state index contributed by atoms with van der Waals surface area (Å²) in [6.07, 6.45) is 8.47. The van der Waals surface area contributed by atoms with E-state index < -0.39 is 59.8 Å². The Hall–Kier alpha value is -4.16. The van der Waals surface area contributed by atoms with Gasteiger partial charge in [-0.05, 0) is 83.1 Å². The highest BCUT2D eigenvalue weighted by atomic mass is 16.6. The summed E-state index contributed by atoms with van der Waals surface area (Å²) >= 11 is 0. The fourth-order valence-corrected chi connectivity index (χ4v) is 9.23. The molecule has 0 saturated carbocycles. The van der Waals surface area contributed by atoms with Crippen molar-refractivity contribution in [2.75, 3.05) is 45.2 Å². The monoisotopic (exact) mass is 969 g/mol. The number of ether oxygens (including phenoxy) is 4. The van der Waals surface area contributed by atoms with Crippen LogP contribution in [0.2, 0.25) is 0 Å². The van der Waals surface area contributed by atoms with E-state index in [1.807, 2.05) is 78.8 Å². The number of hydrogen-bond donors (Lipinski definition) is 6. The Kier molecular flexibility index (Phi) is 21.5. The topological polar surface area (TPSA) is 223 Å². The van der Waals surface area contributed by atoms with E-state index in [9.17, 15) is 34.5 Å². The second kappa shape index (κ2) is 25.8. The van der Waals surface area contributed by atoms with Crippen LogP contribution in [0, 0.1) is 17.8 Å². The summed E-state index contributed by atoms with van der Waals surface area (Å²) in [5, 5.41) is 38.0. The highest BCUT2D eigenvalue weighted by molar-refractivity contribution is 5.97. The maximum absolute atomic E-state index is 14.1. The Labute approximate surface area is 411 Å². The van der Waals surface area contributed by atoms with Gasteiger partial charge in [0.15, 0.2) is 6.10 Å². The molecule has 12 atom stereocenters. The molecule has 3 heterocycles. The number of amides is 3. The van der Waals surface area contributed by atoms with Gasteiger partial charge in [0.25, 0.3) is 0 Å². The van der Waals surface area contributed by atoms with Gasteiger partial charge < -0.3 is 55.1 Å². The Morgan fingerprint density at radius 1 is 1.09 bits per heavy atom. The molecule has 0 spiro atoms. The number of aliphatic hydroxyl groups excluding tert-OH is 2. The molecule has 0 bridgehead atoms. The van der Waals surface area contributed by atoms with Crippen LogP contribution < -0.4 is 16.4 Å². The number of nitrogens with zero attached hydrogens (tertiary/aromatic N) is 2. The number of quaternary nitrogens is 1. The average molecular weight is 969 g/mol. The Balaban J connectivity index is 1.44. The van der Waals surface area contributed by atoms with Crippen molar-refractivity contribution in [1.29, 1.82) is 0 Å². The quantitative estimate of drug-likeness (QED) is 0.0295. The van der Waals surface area contributed by atoms with E-state index in [0.717, 1.165) is 36.0 Å². The predicted molar refractivity (Wildman–Crippen MR) is 267 cm³/mol. The number of carbonyl (C=O) groups is 4. The molecular formula is C53H86N5O11+. The Morgan fingerprint density at radius 3 is 2.36 bits per heavy atom. The summed E-state index contributed by atoms with van der Waals surface area (Å²) in [5.74, 6) is -1.72. The minimum absolute atomic E-state index is 0.0299. The number of nitrogens with two attached hydrogens (primary N) is 1. The van der Waals surface area contributed by atoms with Crippen LogP contribution in [0.25, 0.3) is 0 Å². The molecule has 4 rings (SSSR count). The van der Waals surface area contributed by atoms with Crippen molar-refractivity contribution in [3.05, 3.63) is 65.8 Å². The fourth-order valence-electron chi connectivity index (χ4n) is 9.23. The van der Waals surface area contributed by atoms with E-state index in [2.05, 4.69) is 17.6 Å². The summed E-state index contributed by atoms with van der Waals surface area (Å²) in [4.78, 5) is 54.3. The molecule has 16 nitrogen and oxygen atoms in total. The van der Waals surface area contributed by atoms with Crippen molar-refractivity contribution < 1.29 is 57.9 Å². The van der Waals surface area contributed by atoms with Crippen molar-refractivity contribution >= 4 is 29.6 Å². The lowest BCUT2D eigenvalue weighted by atomic mass is 9.88. The lowest BCUT2D eigenvalue weighted by Crippen LogP contribution is -2.60. The van der Waals surface area contributed by atoms with Gasteiger partial charge in [-0.25, -0.2) is 4.79 Å². The lowest BCUT2D eigenvalue weighted by Gasteiger charge is -2.45. The van der Waals surface area contributed by atoms with Crippen LogP contribution in [0.1, 0.15) is 120 Å². The van der Waals surface area contributed by atoms with E-state index in [-0.39, 0.29) is 54.6 Å². The molecule has 0 aromatic heterocycles. The van der Waals surface area contributed by atoms with E-state index in [0.29, 0.717) is 56.7 Å². The molecule has 3 aliphatic rings. The second-order valence-electron chi connectivity index (χ2n) is 20.9. The van der Waals surface area contributed by atoms with Gasteiger partial charge in [0.2, 0.25) is 11.8 Å². The molecule has 7 N–H and O–H groups in total. The number of piperazine rings is 1. The van der Waals surface area contributed by atoms with Crippen molar-refractivity contribution in [2.24, 2.45) is 23.5 Å². The molecule has 388 valence electrons. The Bertz CT molecular complexity index is 1930. The number of hydrogen-bond acceptors (Lipinski definition) is 12. The van der Waals surface area contributed by atoms with Crippen molar-refractivity contribution in [2.45, 2.75) is 181 Å². The number of rotatable bonds is 20. The van der Waals surface area contributed by atoms with Crippen LogP contribution in [0.15, 0.2) is 60.2 Å². The fraction of sp³-hybridized carbons (Fsp3) is 0.698. The van der Waals surface area contributed by atoms with E-state index in [4.69, 9.17) is 24.7 Å². The maximum atomic E-state index is 14.1. The number of methoxy groups -OCH3 is 1. The number of esters is 1. The molecular weight excluding hydrogens is 883 g/mol. The van der Waals surface area contributed by atoms with Crippen molar-refractivity contribution in [3.8, 4) is 0 Å².